The molecule has 0 aromatic heterocycles. The van der Waals surface area contributed by atoms with Crippen molar-refractivity contribution in [3.63, 3.8) is 0 Å². The smallest absolute Gasteiger partial charge is 0.306 e. The van der Waals surface area contributed by atoms with Crippen molar-refractivity contribution in [2.24, 2.45) is 5.92 Å². The van der Waals surface area contributed by atoms with Gasteiger partial charge in [-0.1, -0.05) is 42.0 Å². The van der Waals surface area contributed by atoms with Gasteiger partial charge in [0.15, 0.2) is 0 Å². The van der Waals surface area contributed by atoms with Gasteiger partial charge in [-0.15, -0.1) is 0 Å². The summed E-state index contributed by atoms with van der Waals surface area (Å²) in [4.78, 5) is 24.2. The van der Waals surface area contributed by atoms with Crippen molar-refractivity contribution in [1.82, 2.24) is 0 Å². The second-order valence-corrected chi connectivity index (χ2v) is 9.40. The normalized spacial score (nSPS) is 18.0. The van der Waals surface area contributed by atoms with Crippen molar-refractivity contribution >= 4 is 17.6 Å². The molecule has 1 saturated carbocycles. The quantitative estimate of drug-likeness (QED) is 0.563. The molecule has 1 fully saturated rings. The number of esters is 1. The molecule has 2 aromatic rings. The topological polar surface area (TPSA) is 55.4 Å². The maximum Gasteiger partial charge on any atom is 0.306 e. The Kier molecular flexibility index (Phi) is 6.96. The van der Waals surface area contributed by atoms with Crippen molar-refractivity contribution in [2.75, 3.05) is 5.32 Å². The minimum atomic E-state index is -0.429. The molecule has 1 amide bonds. The monoisotopic (exact) mass is 407 g/mol. The molecule has 4 heteroatoms. The van der Waals surface area contributed by atoms with Gasteiger partial charge in [-0.3, -0.25) is 9.59 Å². The Morgan fingerprint density at radius 3 is 2.33 bits per heavy atom. The molecule has 0 saturated heterocycles. The number of carbonyl (C=O) groups is 2. The van der Waals surface area contributed by atoms with E-state index in [0.717, 1.165) is 24.9 Å². The molecule has 3 rings (SSSR count). The molecule has 2 aromatic carbocycles. The Morgan fingerprint density at radius 2 is 1.70 bits per heavy atom. The third-order valence-electron chi connectivity index (χ3n) is 5.38. The molecule has 0 spiro atoms. The SMILES string of the molecule is Cc1ccc(CCCC(=O)Nc2ccc(C3CC3CC(=O)OC(C)(C)C)cc2)cc1. The van der Waals surface area contributed by atoms with Crippen molar-refractivity contribution in [1.29, 1.82) is 0 Å². The van der Waals surface area contributed by atoms with E-state index in [9.17, 15) is 9.59 Å². The zero-order chi connectivity index (χ0) is 21.7. The fraction of sp³-hybridized carbons (Fsp3) is 0.462. The van der Waals surface area contributed by atoms with E-state index in [4.69, 9.17) is 4.74 Å². The molecule has 1 aliphatic carbocycles. The van der Waals surface area contributed by atoms with Gasteiger partial charge in [0.05, 0.1) is 0 Å². The largest absolute Gasteiger partial charge is 0.460 e. The molecule has 2 unspecified atom stereocenters. The zero-order valence-electron chi connectivity index (χ0n) is 18.5. The number of aryl methyl sites for hydroxylation is 2. The van der Waals surface area contributed by atoms with Crippen molar-refractivity contribution in [3.05, 3.63) is 65.2 Å². The zero-order valence-corrected chi connectivity index (χ0v) is 18.5. The molecule has 1 N–H and O–H groups in total. The maximum absolute atomic E-state index is 12.2. The Morgan fingerprint density at radius 1 is 1.03 bits per heavy atom. The van der Waals surface area contributed by atoms with E-state index in [2.05, 4.69) is 48.6 Å². The Balaban J connectivity index is 1.40. The van der Waals surface area contributed by atoms with Crippen LogP contribution in [-0.2, 0) is 20.7 Å². The number of hydrogen-bond donors (Lipinski definition) is 1. The van der Waals surface area contributed by atoms with Crippen molar-refractivity contribution < 1.29 is 14.3 Å². The second kappa shape index (κ2) is 9.46. The lowest BCUT2D eigenvalue weighted by Gasteiger charge is -2.19. The number of hydrogen-bond acceptors (Lipinski definition) is 3. The van der Waals surface area contributed by atoms with E-state index < -0.39 is 5.60 Å². The van der Waals surface area contributed by atoms with Gasteiger partial charge in [-0.05, 0) is 82.1 Å². The van der Waals surface area contributed by atoms with Crippen LogP contribution in [0, 0.1) is 12.8 Å². The van der Waals surface area contributed by atoms with Gasteiger partial charge in [0, 0.05) is 18.5 Å². The summed E-state index contributed by atoms with van der Waals surface area (Å²) in [5.41, 5.74) is 4.14. The lowest BCUT2D eigenvalue weighted by atomic mass is 10.1. The second-order valence-electron chi connectivity index (χ2n) is 9.40. The first-order chi connectivity index (χ1) is 14.2. The summed E-state index contributed by atoms with van der Waals surface area (Å²) in [6, 6.07) is 16.5. The number of benzene rings is 2. The molecule has 160 valence electrons. The minimum Gasteiger partial charge on any atom is -0.460 e. The van der Waals surface area contributed by atoms with E-state index in [1.165, 1.54) is 16.7 Å². The molecular weight excluding hydrogens is 374 g/mol. The van der Waals surface area contributed by atoms with Crippen LogP contribution in [0.15, 0.2) is 48.5 Å². The minimum absolute atomic E-state index is 0.0454. The Labute approximate surface area is 180 Å². The molecule has 0 bridgehead atoms. The van der Waals surface area contributed by atoms with Gasteiger partial charge in [0.2, 0.25) is 5.91 Å². The first-order valence-electron chi connectivity index (χ1n) is 10.9. The fourth-order valence-corrected chi connectivity index (χ4v) is 3.72. The number of nitrogens with one attached hydrogen (secondary N) is 1. The van der Waals surface area contributed by atoms with Crippen LogP contribution in [-0.4, -0.2) is 17.5 Å². The van der Waals surface area contributed by atoms with Gasteiger partial charge >= 0.3 is 5.97 Å². The Bertz CT molecular complexity index is 863. The summed E-state index contributed by atoms with van der Waals surface area (Å²) < 4.78 is 5.41. The highest BCUT2D eigenvalue weighted by molar-refractivity contribution is 5.90. The lowest BCUT2D eigenvalue weighted by Crippen LogP contribution is -2.24. The first kappa shape index (κ1) is 22.1. The van der Waals surface area contributed by atoms with Crippen LogP contribution in [0.3, 0.4) is 0 Å². The molecular formula is C26H33NO3. The highest BCUT2D eigenvalue weighted by Crippen LogP contribution is 2.49. The number of rotatable bonds is 8. The van der Waals surface area contributed by atoms with E-state index in [0.29, 0.717) is 24.7 Å². The van der Waals surface area contributed by atoms with E-state index in [1.54, 1.807) is 0 Å². The van der Waals surface area contributed by atoms with Crippen LogP contribution in [0.25, 0.3) is 0 Å². The summed E-state index contributed by atoms with van der Waals surface area (Å²) in [6.07, 6.45) is 3.75. The van der Waals surface area contributed by atoms with Gasteiger partial charge < -0.3 is 10.1 Å². The van der Waals surface area contributed by atoms with Crippen molar-refractivity contribution in [3.8, 4) is 0 Å². The predicted molar refractivity (Wildman–Crippen MR) is 120 cm³/mol. The van der Waals surface area contributed by atoms with Crippen LogP contribution in [0.2, 0.25) is 0 Å². The Hall–Kier alpha value is -2.62. The molecule has 30 heavy (non-hydrogen) atoms. The van der Waals surface area contributed by atoms with Crippen LogP contribution in [0.1, 0.15) is 69.1 Å². The molecule has 4 nitrogen and oxygen atoms in total. The first-order valence-corrected chi connectivity index (χ1v) is 10.9. The van der Waals surface area contributed by atoms with Crippen LogP contribution in [0.5, 0.6) is 0 Å². The van der Waals surface area contributed by atoms with E-state index >= 15 is 0 Å². The molecule has 0 heterocycles. The van der Waals surface area contributed by atoms with Gasteiger partial charge in [-0.2, -0.15) is 0 Å². The maximum atomic E-state index is 12.2. The lowest BCUT2D eigenvalue weighted by molar-refractivity contribution is -0.155. The standard InChI is InChI=1S/C26H33NO3/c1-18-8-10-19(11-9-18)6-5-7-24(28)27-22-14-12-20(13-15-22)23-16-21(23)17-25(29)30-26(2,3)4/h8-15,21,23H,5-7,16-17H2,1-4H3,(H,27,28). The number of amides is 1. The summed E-state index contributed by atoms with van der Waals surface area (Å²) in [6.45, 7) is 7.76. The number of ether oxygens (including phenoxy) is 1. The van der Waals surface area contributed by atoms with Crippen LogP contribution in [0.4, 0.5) is 5.69 Å². The van der Waals surface area contributed by atoms with E-state index in [-0.39, 0.29) is 11.9 Å². The summed E-state index contributed by atoms with van der Waals surface area (Å²) in [7, 11) is 0. The molecule has 2 atom stereocenters. The van der Waals surface area contributed by atoms with Crippen molar-refractivity contribution in [2.45, 2.75) is 71.3 Å². The number of carbonyl (C=O) groups excluding carboxylic acids is 2. The van der Waals surface area contributed by atoms with Crippen LogP contribution >= 0.6 is 0 Å². The van der Waals surface area contributed by atoms with Gasteiger partial charge in [0.25, 0.3) is 0 Å². The summed E-state index contributed by atoms with van der Waals surface area (Å²) in [5, 5.41) is 2.98. The average molecular weight is 408 g/mol. The average Bonchev–Trinajstić information content (AvgIpc) is 3.41. The van der Waals surface area contributed by atoms with Gasteiger partial charge in [0.1, 0.15) is 5.60 Å². The van der Waals surface area contributed by atoms with Gasteiger partial charge in [-0.25, -0.2) is 0 Å². The molecule has 0 aliphatic heterocycles. The number of anilines is 1. The molecule has 0 radical (unpaired) electrons. The molecule has 1 aliphatic rings. The highest BCUT2D eigenvalue weighted by Gasteiger charge is 2.40. The predicted octanol–water partition coefficient (Wildman–Crippen LogP) is 5.79. The highest BCUT2D eigenvalue weighted by atomic mass is 16.6. The van der Waals surface area contributed by atoms with E-state index in [1.807, 2.05) is 32.9 Å². The van der Waals surface area contributed by atoms with Crippen LogP contribution < -0.4 is 5.32 Å². The summed E-state index contributed by atoms with van der Waals surface area (Å²) in [5.74, 6) is 0.701. The summed E-state index contributed by atoms with van der Waals surface area (Å²) >= 11 is 0. The third-order valence-corrected chi connectivity index (χ3v) is 5.38. The third kappa shape index (κ3) is 7.01. The fourth-order valence-electron chi connectivity index (χ4n) is 3.72.